The molecule has 0 radical (unpaired) electrons. The van der Waals surface area contributed by atoms with Crippen molar-refractivity contribution in [3.8, 4) is 0 Å². The Kier molecular flexibility index (Phi) is 7.67. The molecule has 0 aliphatic heterocycles. The predicted molar refractivity (Wildman–Crippen MR) is 87.6 cm³/mol. The molecule has 4 amide bonds. The maximum Gasteiger partial charge on any atom is 0.413 e. The number of urea groups is 1. The van der Waals surface area contributed by atoms with E-state index in [1.54, 1.807) is 24.3 Å². The Morgan fingerprint density at radius 2 is 1.80 bits per heavy atom. The highest BCUT2D eigenvalue weighted by molar-refractivity contribution is 6.30. The second kappa shape index (κ2) is 9.48. The number of carbonyl (C=O) groups is 4. The molecule has 0 spiro atoms. The molecule has 0 aromatic heterocycles. The molecule has 0 aliphatic carbocycles. The van der Waals surface area contributed by atoms with E-state index in [1.807, 2.05) is 5.32 Å². The zero-order chi connectivity index (χ0) is 19.0. The number of amides is 4. The van der Waals surface area contributed by atoms with E-state index < -0.39 is 36.1 Å². The average Bonchev–Trinajstić information content (AvgIpc) is 2.54. The molecule has 4 N–H and O–H groups in total. The first-order valence-electron chi connectivity index (χ1n) is 7.12. The number of alkyl carbamates (subject to hydrolysis) is 1. The Labute approximate surface area is 148 Å². The molecule has 0 aliphatic rings. The van der Waals surface area contributed by atoms with Crippen molar-refractivity contribution in [1.29, 1.82) is 0 Å². The number of methoxy groups -OCH3 is 1. The number of esters is 1. The van der Waals surface area contributed by atoms with Crippen LogP contribution in [0.1, 0.15) is 24.9 Å². The van der Waals surface area contributed by atoms with Crippen molar-refractivity contribution in [2.24, 2.45) is 5.73 Å². The van der Waals surface area contributed by atoms with E-state index in [1.165, 1.54) is 6.92 Å². The molecule has 1 rings (SSSR count). The number of nitrogens with one attached hydrogen (secondary N) is 2. The highest BCUT2D eigenvalue weighted by Crippen LogP contribution is 2.20. The van der Waals surface area contributed by atoms with Crippen LogP contribution in [0.15, 0.2) is 24.3 Å². The molecule has 136 valence electrons. The second-order valence-electron chi connectivity index (χ2n) is 4.93. The second-order valence-corrected chi connectivity index (χ2v) is 5.37. The third kappa shape index (κ3) is 7.08. The first-order chi connectivity index (χ1) is 11.7. The summed E-state index contributed by atoms with van der Waals surface area (Å²) in [7, 11) is 1.09. The van der Waals surface area contributed by atoms with Gasteiger partial charge < -0.3 is 20.5 Å². The van der Waals surface area contributed by atoms with Crippen LogP contribution in [0.4, 0.5) is 9.59 Å². The highest BCUT2D eigenvalue weighted by atomic mass is 35.5. The number of nitrogens with two attached hydrogens (primary N) is 1. The number of rotatable bonds is 6. The Morgan fingerprint density at radius 1 is 1.20 bits per heavy atom. The van der Waals surface area contributed by atoms with Gasteiger partial charge in [-0.25, -0.2) is 9.59 Å². The third-order valence-corrected chi connectivity index (χ3v) is 3.30. The monoisotopic (exact) mass is 371 g/mol. The Bertz CT molecular complexity index is 649. The van der Waals surface area contributed by atoms with E-state index >= 15 is 0 Å². The van der Waals surface area contributed by atoms with Crippen molar-refractivity contribution in [2.45, 2.75) is 25.5 Å². The Hall–Kier alpha value is -2.81. The minimum absolute atomic E-state index is 0.277. The molecule has 2 atom stereocenters. The van der Waals surface area contributed by atoms with Crippen LogP contribution in [0.3, 0.4) is 0 Å². The van der Waals surface area contributed by atoms with Crippen LogP contribution in [0, 0.1) is 0 Å². The van der Waals surface area contributed by atoms with Crippen LogP contribution in [-0.4, -0.2) is 37.2 Å². The zero-order valence-corrected chi connectivity index (χ0v) is 14.3. The van der Waals surface area contributed by atoms with E-state index in [-0.39, 0.29) is 6.42 Å². The molecular formula is C15H18ClN3O6. The number of ether oxygens (including phenoxy) is 2. The minimum atomic E-state index is -1.23. The van der Waals surface area contributed by atoms with Crippen molar-refractivity contribution in [3.05, 3.63) is 34.9 Å². The summed E-state index contributed by atoms with van der Waals surface area (Å²) < 4.78 is 9.21. The van der Waals surface area contributed by atoms with Crippen LogP contribution in [-0.2, 0) is 19.1 Å². The molecule has 10 heteroatoms. The largest absolute Gasteiger partial charge is 0.453 e. The van der Waals surface area contributed by atoms with Gasteiger partial charge in [0.2, 0.25) is 0 Å². The summed E-state index contributed by atoms with van der Waals surface area (Å²) in [5.74, 6) is -1.62. The first kappa shape index (κ1) is 20.2. The van der Waals surface area contributed by atoms with E-state index in [0.717, 1.165) is 7.11 Å². The summed E-state index contributed by atoms with van der Waals surface area (Å²) in [6, 6.07) is 4.81. The molecule has 25 heavy (non-hydrogen) atoms. The molecule has 0 fully saturated rings. The van der Waals surface area contributed by atoms with Crippen molar-refractivity contribution < 1.29 is 28.7 Å². The molecule has 0 saturated heterocycles. The quantitative estimate of drug-likeness (QED) is 0.643. The van der Waals surface area contributed by atoms with Gasteiger partial charge in [0, 0.05) is 5.02 Å². The lowest BCUT2D eigenvalue weighted by Crippen LogP contribution is -2.40. The molecular weight excluding hydrogens is 354 g/mol. The van der Waals surface area contributed by atoms with Crippen LogP contribution in [0.25, 0.3) is 0 Å². The molecule has 0 heterocycles. The number of hydrogen-bond acceptors (Lipinski definition) is 6. The van der Waals surface area contributed by atoms with E-state index in [4.69, 9.17) is 22.1 Å². The van der Waals surface area contributed by atoms with Crippen molar-refractivity contribution in [3.63, 3.8) is 0 Å². The van der Waals surface area contributed by atoms with E-state index in [0.29, 0.717) is 10.6 Å². The van der Waals surface area contributed by atoms with E-state index in [2.05, 4.69) is 10.1 Å². The standard InChI is InChI=1S/C15H18ClN3O6/c1-8(13(21)19-15(23)24-2)25-12(20)7-11(18-14(17)22)9-3-5-10(16)6-4-9/h3-6,8,11H,7H2,1-2H3,(H3,17,18,22)(H,19,21,23)/t8-,11-/m0/s1. The highest BCUT2D eigenvalue weighted by Gasteiger charge is 2.23. The van der Waals surface area contributed by atoms with Gasteiger partial charge in [-0.2, -0.15) is 0 Å². The summed E-state index contributed by atoms with van der Waals surface area (Å²) in [6.07, 6.45) is -2.48. The summed E-state index contributed by atoms with van der Waals surface area (Å²) in [6.45, 7) is 1.29. The fourth-order valence-corrected chi connectivity index (χ4v) is 1.96. The molecule has 0 bridgehead atoms. The molecule has 1 aromatic rings. The topological polar surface area (TPSA) is 137 Å². The fraction of sp³-hybridized carbons (Fsp3) is 0.333. The number of halogens is 1. The zero-order valence-electron chi connectivity index (χ0n) is 13.6. The number of benzene rings is 1. The Balaban J connectivity index is 2.71. The van der Waals surface area contributed by atoms with Gasteiger partial charge in [0.15, 0.2) is 6.10 Å². The molecule has 0 saturated carbocycles. The lowest BCUT2D eigenvalue weighted by atomic mass is 10.0. The number of primary amides is 1. The van der Waals surface area contributed by atoms with Crippen LogP contribution in [0.2, 0.25) is 5.02 Å². The molecule has 0 unspecified atom stereocenters. The summed E-state index contributed by atoms with van der Waals surface area (Å²) in [5, 5.41) is 4.77. The first-order valence-corrected chi connectivity index (χ1v) is 7.50. The van der Waals surface area contributed by atoms with Gasteiger partial charge in [-0.3, -0.25) is 14.9 Å². The van der Waals surface area contributed by atoms with Crippen molar-refractivity contribution in [1.82, 2.24) is 10.6 Å². The summed E-state index contributed by atoms with van der Waals surface area (Å²) in [4.78, 5) is 45.7. The Morgan fingerprint density at radius 3 is 2.32 bits per heavy atom. The summed E-state index contributed by atoms with van der Waals surface area (Å²) >= 11 is 5.80. The third-order valence-electron chi connectivity index (χ3n) is 3.05. The van der Waals surface area contributed by atoms with Crippen LogP contribution in [0.5, 0.6) is 0 Å². The molecule has 9 nitrogen and oxygen atoms in total. The maximum atomic E-state index is 12.0. The van der Waals surface area contributed by atoms with Crippen molar-refractivity contribution >= 4 is 35.6 Å². The summed E-state index contributed by atoms with van der Waals surface area (Å²) in [5.41, 5.74) is 5.69. The van der Waals surface area contributed by atoms with Crippen LogP contribution >= 0.6 is 11.6 Å². The van der Waals surface area contributed by atoms with Gasteiger partial charge in [0.25, 0.3) is 5.91 Å². The van der Waals surface area contributed by atoms with Gasteiger partial charge in [-0.15, -0.1) is 0 Å². The van der Waals surface area contributed by atoms with Gasteiger partial charge in [-0.1, -0.05) is 23.7 Å². The predicted octanol–water partition coefficient (Wildman–Crippen LogP) is 1.25. The lowest BCUT2D eigenvalue weighted by molar-refractivity contribution is -0.155. The SMILES string of the molecule is COC(=O)NC(=O)[C@H](C)OC(=O)C[C@H](NC(N)=O)c1ccc(Cl)cc1. The number of hydrogen-bond donors (Lipinski definition) is 3. The lowest BCUT2D eigenvalue weighted by Gasteiger charge is -2.19. The number of carbonyl (C=O) groups excluding carboxylic acids is 4. The maximum absolute atomic E-state index is 12.0. The van der Waals surface area contributed by atoms with Gasteiger partial charge in [-0.05, 0) is 24.6 Å². The minimum Gasteiger partial charge on any atom is -0.453 e. The number of imide groups is 1. The van der Waals surface area contributed by atoms with Crippen LogP contribution < -0.4 is 16.4 Å². The van der Waals surface area contributed by atoms with Gasteiger partial charge in [0.05, 0.1) is 19.6 Å². The molecule has 1 aromatic carbocycles. The van der Waals surface area contributed by atoms with Crippen molar-refractivity contribution in [2.75, 3.05) is 7.11 Å². The normalized spacial score (nSPS) is 12.4. The van der Waals surface area contributed by atoms with Gasteiger partial charge >= 0.3 is 18.1 Å². The average molecular weight is 372 g/mol. The van der Waals surface area contributed by atoms with E-state index in [9.17, 15) is 19.2 Å². The smallest absolute Gasteiger partial charge is 0.413 e. The fourth-order valence-electron chi connectivity index (χ4n) is 1.84. The van der Waals surface area contributed by atoms with Gasteiger partial charge in [0.1, 0.15) is 0 Å².